The Morgan fingerprint density at radius 3 is 2.33 bits per heavy atom. The summed E-state index contributed by atoms with van der Waals surface area (Å²) < 4.78 is 0. The fourth-order valence-electron chi connectivity index (χ4n) is 2.82. The van der Waals surface area contributed by atoms with Crippen LogP contribution in [0, 0.1) is 6.92 Å². The second-order valence-electron chi connectivity index (χ2n) is 5.78. The van der Waals surface area contributed by atoms with E-state index in [1.54, 1.807) is 11.8 Å². The topological polar surface area (TPSA) is 70.2 Å². The molecule has 0 unspecified atom stereocenters. The second kappa shape index (κ2) is 8.31. The highest BCUT2D eigenvalue weighted by atomic mass is 32.2. The van der Waals surface area contributed by atoms with Crippen LogP contribution < -0.4 is 0 Å². The number of aryl methyl sites for hydroxylation is 1. The van der Waals surface area contributed by atoms with Crippen LogP contribution in [0.3, 0.4) is 0 Å². The molecular formula is C19H23NO3S. The average molecular weight is 345 g/mol. The molecule has 0 saturated carbocycles. The Balaban J connectivity index is 2.02. The van der Waals surface area contributed by atoms with Gasteiger partial charge in [0.15, 0.2) is 11.6 Å². The van der Waals surface area contributed by atoms with E-state index in [0.29, 0.717) is 23.4 Å². The van der Waals surface area contributed by atoms with E-state index >= 15 is 0 Å². The molecule has 128 valence electrons. The highest BCUT2D eigenvalue weighted by Gasteiger charge is 2.21. The molecular weight excluding hydrogens is 322 g/mol. The molecule has 1 aromatic carbocycles. The smallest absolute Gasteiger partial charge is 0.189 e. The monoisotopic (exact) mass is 345 g/mol. The molecule has 0 aliphatic heterocycles. The first-order valence-electron chi connectivity index (χ1n) is 7.99. The Labute approximate surface area is 146 Å². The van der Waals surface area contributed by atoms with Crippen molar-refractivity contribution in [1.29, 1.82) is 0 Å². The Hall–Kier alpha value is -1.85. The van der Waals surface area contributed by atoms with Crippen LogP contribution in [0.5, 0.6) is 0 Å². The fraction of sp³-hybridized carbons (Fsp3) is 0.368. The van der Waals surface area contributed by atoms with Gasteiger partial charge in [-0.3, -0.25) is 9.59 Å². The number of ketones is 2. The van der Waals surface area contributed by atoms with Gasteiger partial charge >= 0.3 is 0 Å². The number of benzene rings is 1. The van der Waals surface area contributed by atoms with Gasteiger partial charge in [-0.2, -0.15) is 0 Å². The van der Waals surface area contributed by atoms with E-state index in [-0.39, 0.29) is 18.2 Å². The summed E-state index contributed by atoms with van der Waals surface area (Å²) in [6.07, 6.45) is 0.660. The molecule has 0 amide bonds. The summed E-state index contributed by atoms with van der Waals surface area (Å²) in [6, 6.07) is 7.71. The number of carbonyl (C=O) groups is 2. The molecule has 5 heteroatoms. The van der Waals surface area contributed by atoms with Gasteiger partial charge in [0.05, 0.1) is 18.1 Å². The van der Waals surface area contributed by atoms with Gasteiger partial charge in [-0.15, -0.1) is 11.8 Å². The van der Waals surface area contributed by atoms with Gasteiger partial charge in [0.25, 0.3) is 0 Å². The first-order chi connectivity index (χ1) is 11.5. The van der Waals surface area contributed by atoms with Crippen molar-refractivity contribution in [3.8, 4) is 0 Å². The largest absolute Gasteiger partial charge is 0.392 e. The molecule has 0 radical (unpaired) electrons. The Bertz CT molecular complexity index is 732. The first-order valence-corrected chi connectivity index (χ1v) is 9.15. The van der Waals surface area contributed by atoms with Crippen molar-refractivity contribution >= 4 is 23.3 Å². The van der Waals surface area contributed by atoms with Gasteiger partial charge in [0.2, 0.25) is 0 Å². The lowest BCUT2D eigenvalue weighted by Gasteiger charge is -2.04. The third kappa shape index (κ3) is 4.16. The molecule has 0 bridgehead atoms. The minimum atomic E-state index is -0.00345. The Morgan fingerprint density at radius 2 is 1.79 bits per heavy atom. The number of aliphatic hydroxyl groups excluding tert-OH is 1. The molecule has 24 heavy (non-hydrogen) atoms. The Kier molecular flexibility index (Phi) is 6.40. The minimum absolute atomic E-state index is 0.00345. The molecule has 2 N–H and O–H groups in total. The number of aromatic nitrogens is 1. The van der Waals surface area contributed by atoms with E-state index in [1.807, 2.05) is 38.1 Å². The van der Waals surface area contributed by atoms with Gasteiger partial charge in [0.1, 0.15) is 0 Å². The first kappa shape index (κ1) is 18.5. The van der Waals surface area contributed by atoms with E-state index in [0.717, 1.165) is 28.1 Å². The van der Waals surface area contributed by atoms with Crippen molar-refractivity contribution < 1.29 is 14.7 Å². The SMILES string of the molecule is CCc1c(C(=O)CSCc2ccc(CO)cc2)[nH]c(C)c1C(C)=O. The summed E-state index contributed by atoms with van der Waals surface area (Å²) in [7, 11) is 0. The van der Waals surface area contributed by atoms with Gasteiger partial charge in [0, 0.05) is 17.0 Å². The number of thioether (sulfide) groups is 1. The number of hydrogen-bond donors (Lipinski definition) is 2. The molecule has 0 spiro atoms. The zero-order chi connectivity index (χ0) is 17.7. The van der Waals surface area contributed by atoms with E-state index in [4.69, 9.17) is 5.11 Å². The van der Waals surface area contributed by atoms with E-state index in [2.05, 4.69) is 4.98 Å². The molecule has 0 aliphatic rings. The minimum Gasteiger partial charge on any atom is -0.392 e. The van der Waals surface area contributed by atoms with E-state index in [1.165, 1.54) is 6.92 Å². The van der Waals surface area contributed by atoms with Gasteiger partial charge in [-0.05, 0) is 37.0 Å². The van der Waals surface area contributed by atoms with Crippen LogP contribution >= 0.6 is 11.8 Å². The van der Waals surface area contributed by atoms with Crippen LogP contribution in [0.25, 0.3) is 0 Å². The molecule has 0 aliphatic carbocycles. The van der Waals surface area contributed by atoms with E-state index < -0.39 is 0 Å². The molecule has 0 atom stereocenters. The number of hydrogen-bond acceptors (Lipinski definition) is 4. The highest BCUT2D eigenvalue weighted by molar-refractivity contribution is 7.99. The third-order valence-corrected chi connectivity index (χ3v) is 4.99. The van der Waals surface area contributed by atoms with Crippen LogP contribution in [0.15, 0.2) is 24.3 Å². The molecule has 4 nitrogen and oxygen atoms in total. The number of aliphatic hydroxyl groups is 1. The molecule has 0 fully saturated rings. The van der Waals surface area contributed by atoms with Crippen LogP contribution in [0.4, 0.5) is 0 Å². The van der Waals surface area contributed by atoms with E-state index in [9.17, 15) is 9.59 Å². The Morgan fingerprint density at radius 1 is 1.17 bits per heavy atom. The maximum Gasteiger partial charge on any atom is 0.189 e. The predicted molar refractivity (Wildman–Crippen MR) is 97.8 cm³/mol. The van der Waals surface area contributed by atoms with Crippen molar-refractivity contribution in [2.75, 3.05) is 5.75 Å². The lowest BCUT2D eigenvalue weighted by molar-refractivity contribution is 0.101. The maximum absolute atomic E-state index is 12.5. The summed E-state index contributed by atoms with van der Waals surface area (Å²) in [5, 5.41) is 9.04. The van der Waals surface area contributed by atoms with Gasteiger partial charge in [-0.25, -0.2) is 0 Å². The van der Waals surface area contributed by atoms with Gasteiger partial charge in [-0.1, -0.05) is 31.2 Å². The zero-order valence-electron chi connectivity index (χ0n) is 14.3. The highest BCUT2D eigenvalue weighted by Crippen LogP contribution is 2.22. The summed E-state index contributed by atoms with van der Waals surface area (Å²) in [5.41, 5.74) is 4.83. The van der Waals surface area contributed by atoms with Crippen LogP contribution in [0.1, 0.15) is 57.1 Å². The molecule has 0 saturated heterocycles. The fourth-order valence-corrected chi connectivity index (χ4v) is 3.68. The molecule has 1 heterocycles. The number of H-pyrrole nitrogens is 1. The normalized spacial score (nSPS) is 10.8. The number of Topliss-reactive ketones (excluding diaryl/α,β-unsaturated/α-hetero) is 2. The number of rotatable bonds is 8. The van der Waals surface area contributed by atoms with Crippen LogP contribution in [-0.4, -0.2) is 27.4 Å². The summed E-state index contributed by atoms with van der Waals surface area (Å²) >= 11 is 1.55. The van der Waals surface area contributed by atoms with Crippen molar-refractivity contribution in [3.05, 3.63) is 57.9 Å². The zero-order valence-corrected chi connectivity index (χ0v) is 15.1. The number of carbonyl (C=O) groups excluding carboxylic acids is 2. The molecule has 1 aromatic heterocycles. The predicted octanol–water partition coefficient (Wildman–Crippen LogP) is 3.70. The van der Waals surface area contributed by atoms with Crippen molar-refractivity contribution in [1.82, 2.24) is 4.98 Å². The quantitative estimate of drug-likeness (QED) is 0.716. The lowest BCUT2D eigenvalue weighted by Crippen LogP contribution is -2.07. The summed E-state index contributed by atoms with van der Waals surface area (Å²) in [5.74, 6) is 1.13. The standard InChI is InChI=1S/C19H23NO3S/c1-4-16-18(13(3)22)12(2)20-19(16)17(23)11-24-10-15-7-5-14(9-21)6-8-15/h5-8,20-21H,4,9-11H2,1-3H3. The maximum atomic E-state index is 12.5. The van der Waals surface area contributed by atoms with Crippen LogP contribution in [-0.2, 0) is 18.8 Å². The third-order valence-electron chi connectivity index (χ3n) is 3.98. The molecule has 2 aromatic rings. The summed E-state index contributed by atoms with van der Waals surface area (Å²) in [4.78, 5) is 27.4. The van der Waals surface area contributed by atoms with Crippen molar-refractivity contribution in [2.45, 2.75) is 39.6 Å². The second-order valence-corrected chi connectivity index (χ2v) is 6.76. The van der Waals surface area contributed by atoms with Crippen LogP contribution in [0.2, 0.25) is 0 Å². The number of aromatic amines is 1. The van der Waals surface area contributed by atoms with Gasteiger partial charge < -0.3 is 10.1 Å². The molecule has 2 rings (SSSR count). The number of nitrogens with one attached hydrogen (secondary N) is 1. The van der Waals surface area contributed by atoms with Crippen molar-refractivity contribution in [2.24, 2.45) is 0 Å². The lowest BCUT2D eigenvalue weighted by atomic mass is 10.0. The average Bonchev–Trinajstić information content (AvgIpc) is 2.92. The summed E-state index contributed by atoms with van der Waals surface area (Å²) in [6.45, 7) is 5.37. The van der Waals surface area contributed by atoms with Crippen molar-refractivity contribution in [3.63, 3.8) is 0 Å².